The fourth-order valence-corrected chi connectivity index (χ4v) is 2.36. The van der Waals surface area contributed by atoms with Crippen molar-refractivity contribution in [2.45, 2.75) is 52.8 Å². The van der Waals surface area contributed by atoms with Crippen molar-refractivity contribution >= 4 is 5.95 Å². The number of anilines is 1. The monoisotopic (exact) mass is 301 g/mol. The molecule has 0 radical (unpaired) electrons. The second-order valence-corrected chi connectivity index (χ2v) is 5.90. The standard InChI is InChI=1S/C18H24FN3/c1-5-14-12-21-17(22-16(14)6-2)20-11-13-8-7-9-15(10-13)18(3,4)19/h7-10,12H,5-6,11H2,1-4H3,(H,20,21,22). The maximum atomic E-state index is 14.0. The fourth-order valence-electron chi connectivity index (χ4n) is 2.36. The van der Waals surface area contributed by atoms with Crippen molar-refractivity contribution in [2.75, 3.05) is 5.32 Å². The summed E-state index contributed by atoms with van der Waals surface area (Å²) in [5.74, 6) is 0.624. The van der Waals surface area contributed by atoms with E-state index in [4.69, 9.17) is 0 Å². The van der Waals surface area contributed by atoms with Crippen LogP contribution in [0.3, 0.4) is 0 Å². The van der Waals surface area contributed by atoms with E-state index in [1.54, 1.807) is 13.8 Å². The van der Waals surface area contributed by atoms with Crippen molar-refractivity contribution in [3.05, 3.63) is 52.8 Å². The molecule has 0 aliphatic rings. The zero-order valence-corrected chi connectivity index (χ0v) is 13.8. The largest absolute Gasteiger partial charge is 0.350 e. The molecule has 1 N–H and O–H groups in total. The second kappa shape index (κ2) is 6.86. The number of hydrogen-bond acceptors (Lipinski definition) is 3. The Morgan fingerprint density at radius 3 is 2.59 bits per heavy atom. The van der Waals surface area contributed by atoms with Gasteiger partial charge in [0.2, 0.25) is 5.95 Å². The Labute approximate surface area is 132 Å². The SMILES string of the molecule is CCc1cnc(NCc2cccc(C(C)(C)F)c2)nc1CC. The number of aryl methyl sites for hydroxylation is 2. The van der Waals surface area contributed by atoms with Crippen LogP contribution in [0, 0.1) is 0 Å². The van der Waals surface area contributed by atoms with Gasteiger partial charge in [-0.25, -0.2) is 14.4 Å². The van der Waals surface area contributed by atoms with E-state index in [0.29, 0.717) is 18.1 Å². The fraction of sp³-hybridized carbons (Fsp3) is 0.444. The molecular formula is C18H24FN3. The van der Waals surface area contributed by atoms with Crippen LogP contribution in [0.15, 0.2) is 30.5 Å². The number of hydrogen-bond donors (Lipinski definition) is 1. The van der Waals surface area contributed by atoms with Gasteiger partial charge < -0.3 is 5.32 Å². The Bertz CT molecular complexity index is 632. The van der Waals surface area contributed by atoms with Gasteiger partial charge in [0, 0.05) is 18.4 Å². The Balaban J connectivity index is 2.10. The van der Waals surface area contributed by atoms with E-state index >= 15 is 0 Å². The molecule has 0 bridgehead atoms. The highest BCUT2D eigenvalue weighted by Crippen LogP contribution is 2.25. The second-order valence-electron chi connectivity index (χ2n) is 5.90. The van der Waals surface area contributed by atoms with Crippen LogP contribution in [0.2, 0.25) is 0 Å². The number of nitrogens with one attached hydrogen (secondary N) is 1. The molecule has 1 aromatic heterocycles. The molecule has 0 unspecified atom stereocenters. The normalized spacial score (nSPS) is 11.5. The van der Waals surface area contributed by atoms with E-state index in [1.165, 1.54) is 5.56 Å². The van der Waals surface area contributed by atoms with Gasteiger partial charge in [0.25, 0.3) is 0 Å². The van der Waals surface area contributed by atoms with E-state index in [-0.39, 0.29) is 0 Å². The predicted molar refractivity (Wildman–Crippen MR) is 88.7 cm³/mol. The summed E-state index contributed by atoms with van der Waals surface area (Å²) in [6, 6.07) is 7.55. The van der Waals surface area contributed by atoms with E-state index < -0.39 is 5.67 Å². The number of alkyl halides is 1. The molecule has 118 valence electrons. The number of rotatable bonds is 6. The van der Waals surface area contributed by atoms with Crippen LogP contribution >= 0.6 is 0 Å². The first-order chi connectivity index (χ1) is 10.4. The van der Waals surface area contributed by atoms with Crippen LogP contribution in [-0.2, 0) is 25.1 Å². The molecule has 0 atom stereocenters. The van der Waals surface area contributed by atoms with Crippen molar-refractivity contribution in [2.24, 2.45) is 0 Å². The molecule has 0 spiro atoms. The zero-order valence-electron chi connectivity index (χ0n) is 13.8. The van der Waals surface area contributed by atoms with Gasteiger partial charge in [-0.05, 0) is 43.4 Å². The lowest BCUT2D eigenvalue weighted by molar-refractivity contribution is 0.221. The molecule has 0 fully saturated rings. The molecule has 2 aromatic rings. The van der Waals surface area contributed by atoms with Gasteiger partial charge in [0.05, 0.1) is 0 Å². The predicted octanol–water partition coefficient (Wildman–Crippen LogP) is 4.42. The average Bonchev–Trinajstić information content (AvgIpc) is 2.52. The molecule has 1 heterocycles. The molecule has 0 amide bonds. The topological polar surface area (TPSA) is 37.8 Å². The lowest BCUT2D eigenvalue weighted by Gasteiger charge is -2.16. The molecule has 0 saturated heterocycles. The van der Waals surface area contributed by atoms with E-state index in [9.17, 15) is 4.39 Å². The summed E-state index contributed by atoms with van der Waals surface area (Å²) in [7, 11) is 0. The molecule has 2 rings (SSSR count). The molecule has 0 saturated carbocycles. The summed E-state index contributed by atoms with van der Waals surface area (Å²) in [5.41, 5.74) is 2.64. The number of halogens is 1. The van der Waals surface area contributed by atoms with Crippen molar-refractivity contribution in [3.63, 3.8) is 0 Å². The molecule has 22 heavy (non-hydrogen) atoms. The van der Waals surface area contributed by atoms with Crippen LogP contribution in [0.1, 0.15) is 50.1 Å². The average molecular weight is 301 g/mol. The highest BCUT2D eigenvalue weighted by atomic mass is 19.1. The summed E-state index contributed by atoms with van der Waals surface area (Å²) >= 11 is 0. The van der Waals surface area contributed by atoms with Crippen molar-refractivity contribution < 1.29 is 4.39 Å². The smallest absolute Gasteiger partial charge is 0.223 e. The van der Waals surface area contributed by atoms with Gasteiger partial charge in [-0.2, -0.15) is 0 Å². The van der Waals surface area contributed by atoms with Crippen molar-refractivity contribution in [3.8, 4) is 0 Å². The summed E-state index contributed by atoms with van der Waals surface area (Å²) in [4.78, 5) is 8.90. The maximum Gasteiger partial charge on any atom is 0.223 e. The molecular weight excluding hydrogens is 277 g/mol. The lowest BCUT2D eigenvalue weighted by atomic mass is 9.98. The number of aromatic nitrogens is 2. The van der Waals surface area contributed by atoms with Gasteiger partial charge in [0.15, 0.2) is 0 Å². The van der Waals surface area contributed by atoms with Crippen LogP contribution in [-0.4, -0.2) is 9.97 Å². The first kappa shape index (κ1) is 16.4. The van der Waals surface area contributed by atoms with Gasteiger partial charge in [-0.3, -0.25) is 0 Å². The zero-order chi connectivity index (χ0) is 16.2. The molecule has 0 aliphatic carbocycles. The molecule has 4 heteroatoms. The summed E-state index contributed by atoms with van der Waals surface area (Å²) < 4.78 is 14.0. The summed E-state index contributed by atoms with van der Waals surface area (Å²) in [5, 5.41) is 3.22. The summed E-state index contributed by atoms with van der Waals surface area (Å²) in [6.07, 6.45) is 3.72. The van der Waals surface area contributed by atoms with Crippen LogP contribution in [0.25, 0.3) is 0 Å². The Kier molecular flexibility index (Phi) is 5.11. The van der Waals surface area contributed by atoms with E-state index in [2.05, 4.69) is 29.1 Å². The first-order valence-electron chi connectivity index (χ1n) is 7.81. The van der Waals surface area contributed by atoms with Gasteiger partial charge in [-0.1, -0.05) is 38.1 Å². The third-order valence-corrected chi connectivity index (χ3v) is 3.73. The highest BCUT2D eigenvalue weighted by Gasteiger charge is 2.18. The number of nitrogens with zero attached hydrogens (tertiary/aromatic N) is 2. The minimum Gasteiger partial charge on any atom is -0.350 e. The van der Waals surface area contributed by atoms with Crippen molar-refractivity contribution in [1.82, 2.24) is 9.97 Å². The third-order valence-electron chi connectivity index (χ3n) is 3.73. The van der Waals surface area contributed by atoms with Crippen LogP contribution in [0.5, 0.6) is 0 Å². The molecule has 3 nitrogen and oxygen atoms in total. The van der Waals surface area contributed by atoms with E-state index in [0.717, 1.165) is 24.1 Å². The van der Waals surface area contributed by atoms with Gasteiger partial charge in [0.1, 0.15) is 5.67 Å². The summed E-state index contributed by atoms with van der Waals surface area (Å²) in [6.45, 7) is 7.92. The van der Waals surface area contributed by atoms with Crippen molar-refractivity contribution in [1.29, 1.82) is 0 Å². The minimum absolute atomic E-state index is 0.582. The highest BCUT2D eigenvalue weighted by molar-refractivity contribution is 5.33. The maximum absolute atomic E-state index is 14.0. The molecule has 0 aliphatic heterocycles. The van der Waals surface area contributed by atoms with Crippen LogP contribution in [0.4, 0.5) is 10.3 Å². The van der Waals surface area contributed by atoms with Gasteiger partial charge in [-0.15, -0.1) is 0 Å². The first-order valence-corrected chi connectivity index (χ1v) is 7.81. The Morgan fingerprint density at radius 1 is 1.18 bits per heavy atom. The van der Waals surface area contributed by atoms with E-state index in [1.807, 2.05) is 30.5 Å². The quantitative estimate of drug-likeness (QED) is 0.858. The van der Waals surface area contributed by atoms with Gasteiger partial charge >= 0.3 is 0 Å². The Hall–Kier alpha value is -1.97. The molecule has 1 aromatic carbocycles. The number of benzene rings is 1. The van der Waals surface area contributed by atoms with Crippen LogP contribution < -0.4 is 5.32 Å². The lowest BCUT2D eigenvalue weighted by Crippen LogP contribution is -2.11. The Morgan fingerprint density at radius 2 is 1.95 bits per heavy atom. The third kappa shape index (κ3) is 4.03. The minimum atomic E-state index is -1.33.